The van der Waals surface area contributed by atoms with Crippen LogP contribution in [0.3, 0.4) is 0 Å². The van der Waals surface area contributed by atoms with Gasteiger partial charge in [0.1, 0.15) is 0 Å². The molecule has 1 heterocycles. The average molecular weight is 257 g/mol. The standard InChI is InChI=1S/C14H15N3O2/c18-17(19)14-3-1-13(2-4-14)11-16-10-7-12-5-8-15-9-6-12/h1-6,8-9,16H,7,10-11H2. The first-order valence-corrected chi connectivity index (χ1v) is 6.08. The molecule has 1 aromatic heterocycles. The summed E-state index contributed by atoms with van der Waals surface area (Å²) in [4.78, 5) is 14.1. The zero-order valence-corrected chi connectivity index (χ0v) is 10.5. The van der Waals surface area contributed by atoms with Crippen LogP contribution in [0, 0.1) is 10.1 Å². The molecule has 0 radical (unpaired) electrons. The fourth-order valence-corrected chi connectivity index (χ4v) is 1.75. The predicted molar refractivity (Wildman–Crippen MR) is 72.7 cm³/mol. The van der Waals surface area contributed by atoms with Crippen molar-refractivity contribution in [3.8, 4) is 0 Å². The van der Waals surface area contributed by atoms with E-state index in [-0.39, 0.29) is 10.6 Å². The number of hydrogen-bond acceptors (Lipinski definition) is 4. The van der Waals surface area contributed by atoms with E-state index in [0.717, 1.165) is 18.5 Å². The molecule has 2 aromatic rings. The number of pyridine rings is 1. The largest absolute Gasteiger partial charge is 0.312 e. The van der Waals surface area contributed by atoms with Crippen LogP contribution >= 0.6 is 0 Å². The van der Waals surface area contributed by atoms with Gasteiger partial charge >= 0.3 is 0 Å². The number of aromatic nitrogens is 1. The van der Waals surface area contributed by atoms with Crippen molar-refractivity contribution in [3.05, 3.63) is 70.0 Å². The Balaban J connectivity index is 1.75. The molecule has 5 nitrogen and oxygen atoms in total. The monoisotopic (exact) mass is 257 g/mol. The number of nitro benzene ring substituents is 1. The van der Waals surface area contributed by atoms with E-state index in [2.05, 4.69) is 10.3 Å². The minimum absolute atomic E-state index is 0.125. The maximum atomic E-state index is 10.5. The van der Waals surface area contributed by atoms with Crippen LogP contribution in [-0.4, -0.2) is 16.5 Å². The van der Waals surface area contributed by atoms with E-state index in [4.69, 9.17) is 0 Å². The second-order valence-corrected chi connectivity index (χ2v) is 4.21. The number of rotatable bonds is 6. The first kappa shape index (κ1) is 13.2. The smallest absolute Gasteiger partial charge is 0.269 e. The van der Waals surface area contributed by atoms with Gasteiger partial charge in [-0.2, -0.15) is 0 Å². The summed E-state index contributed by atoms with van der Waals surface area (Å²) in [7, 11) is 0. The van der Waals surface area contributed by atoms with Crippen molar-refractivity contribution >= 4 is 5.69 Å². The molecule has 1 N–H and O–H groups in total. The molecule has 2 rings (SSSR count). The summed E-state index contributed by atoms with van der Waals surface area (Å²) in [6.07, 6.45) is 4.51. The first-order valence-electron chi connectivity index (χ1n) is 6.08. The van der Waals surface area contributed by atoms with Crippen LogP contribution in [0.2, 0.25) is 0 Å². The van der Waals surface area contributed by atoms with Crippen molar-refractivity contribution in [3.63, 3.8) is 0 Å². The fraction of sp³-hybridized carbons (Fsp3) is 0.214. The van der Waals surface area contributed by atoms with Gasteiger partial charge in [0.05, 0.1) is 4.92 Å². The van der Waals surface area contributed by atoms with Crippen molar-refractivity contribution in [2.45, 2.75) is 13.0 Å². The van der Waals surface area contributed by atoms with E-state index in [0.29, 0.717) is 6.54 Å². The Morgan fingerprint density at radius 1 is 1.05 bits per heavy atom. The molecule has 19 heavy (non-hydrogen) atoms. The Kier molecular flexibility index (Phi) is 4.58. The lowest BCUT2D eigenvalue weighted by molar-refractivity contribution is -0.384. The summed E-state index contributed by atoms with van der Waals surface area (Å²) in [6.45, 7) is 1.57. The number of hydrogen-bond donors (Lipinski definition) is 1. The minimum atomic E-state index is -0.388. The summed E-state index contributed by atoms with van der Waals surface area (Å²) >= 11 is 0. The van der Waals surface area contributed by atoms with Crippen molar-refractivity contribution in [1.82, 2.24) is 10.3 Å². The fourth-order valence-electron chi connectivity index (χ4n) is 1.75. The summed E-state index contributed by atoms with van der Waals surface area (Å²) < 4.78 is 0. The molecular weight excluding hydrogens is 242 g/mol. The molecule has 1 aromatic carbocycles. The molecule has 0 unspecified atom stereocenters. The normalized spacial score (nSPS) is 10.3. The highest BCUT2D eigenvalue weighted by atomic mass is 16.6. The molecule has 5 heteroatoms. The van der Waals surface area contributed by atoms with E-state index in [1.165, 1.54) is 17.7 Å². The molecule has 0 fully saturated rings. The van der Waals surface area contributed by atoms with Crippen LogP contribution in [0.25, 0.3) is 0 Å². The van der Waals surface area contributed by atoms with Gasteiger partial charge in [-0.25, -0.2) is 0 Å². The molecule has 0 aliphatic rings. The highest BCUT2D eigenvalue weighted by molar-refractivity contribution is 5.32. The highest BCUT2D eigenvalue weighted by Gasteiger charge is 2.03. The molecule has 0 aliphatic carbocycles. The van der Waals surface area contributed by atoms with E-state index in [9.17, 15) is 10.1 Å². The third-order valence-electron chi connectivity index (χ3n) is 2.82. The maximum absolute atomic E-state index is 10.5. The first-order chi connectivity index (χ1) is 9.25. The predicted octanol–water partition coefficient (Wildman–Crippen LogP) is 2.32. The highest BCUT2D eigenvalue weighted by Crippen LogP contribution is 2.11. The van der Waals surface area contributed by atoms with Gasteiger partial charge < -0.3 is 5.32 Å². The topological polar surface area (TPSA) is 68.1 Å². The molecule has 0 bridgehead atoms. The van der Waals surface area contributed by atoms with Gasteiger partial charge in [-0.3, -0.25) is 15.1 Å². The van der Waals surface area contributed by atoms with Gasteiger partial charge in [0.25, 0.3) is 5.69 Å². The number of non-ortho nitro benzene ring substituents is 1. The van der Waals surface area contributed by atoms with Gasteiger partial charge in [-0.05, 0) is 36.2 Å². The lowest BCUT2D eigenvalue weighted by Gasteiger charge is -2.05. The Morgan fingerprint density at radius 3 is 2.37 bits per heavy atom. The van der Waals surface area contributed by atoms with Crippen molar-refractivity contribution in [1.29, 1.82) is 0 Å². The van der Waals surface area contributed by atoms with Crippen LogP contribution in [0.4, 0.5) is 5.69 Å². The quantitative estimate of drug-likeness (QED) is 0.490. The van der Waals surface area contributed by atoms with Gasteiger partial charge in [0.15, 0.2) is 0 Å². The Bertz CT molecular complexity index is 526. The van der Waals surface area contributed by atoms with E-state index in [1.807, 2.05) is 12.1 Å². The Hall–Kier alpha value is -2.27. The van der Waals surface area contributed by atoms with Crippen molar-refractivity contribution in [2.24, 2.45) is 0 Å². The van der Waals surface area contributed by atoms with E-state index < -0.39 is 0 Å². The number of benzene rings is 1. The van der Waals surface area contributed by atoms with Gasteiger partial charge in [-0.1, -0.05) is 12.1 Å². The molecule has 0 aliphatic heterocycles. The molecule has 0 atom stereocenters. The van der Waals surface area contributed by atoms with Gasteiger partial charge in [0, 0.05) is 31.1 Å². The number of nitrogens with one attached hydrogen (secondary N) is 1. The lowest BCUT2D eigenvalue weighted by Crippen LogP contribution is -2.16. The zero-order chi connectivity index (χ0) is 13.5. The van der Waals surface area contributed by atoms with E-state index >= 15 is 0 Å². The molecule has 0 saturated carbocycles. The third kappa shape index (κ3) is 4.15. The van der Waals surface area contributed by atoms with Crippen molar-refractivity contribution < 1.29 is 4.92 Å². The minimum Gasteiger partial charge on any atom is -0.312 e. The average Bonchev–Trinajstić information content (AvgIpc) is 2.45. The molecule has 0 amide bonds. The van der Waals surface area contributed by atoms with Crippen LogP contribution in [0.1, 0.15) is 11.1 Å². The SMILES string of the molecule is O=[N+]([O-])c1ccc(CNCCc2ccncc2)cc1. The Labute approximate surface area is 111 Å². The third-order valence-corrected chi connectivity index (χ3v) is 2.82. The second kappa shape index (κ2) is 6.61. The summed E-state index contributed by atoms with van der Waals surface area (Å²) in [5.41, 5.74) is 2.41. The van der Waals surface area contributed by atoms with E-state index in [1.54, 1.807) is 24.5 Å². The van der Waals surface area contributed by atoms with Crippen molar-refractivity contribution in [2.75, 3.05) is 6.54 Å². The molecule has 0 saturated heterocycles. The summed E-state index contributed by atoms with van der Waals surface area (Å²) in [6, 6.07) is 10.6. The van der Waals surface area contributed by atoms with Crippen LogP contribution in [0.15, 0.2) is 48.8 Å². The molecule has 0 spiro atoms. The molecular formula is C14H15N3O2. The second-order valence-electron chi connectivity index (χ2n) is 4.21. The van der Waals surface area contributed by atoms with Gasteiger partial charge in [-0.15, -0.1) is 0 Å². The number of nitro groups is 1. The maximum Gasteiger partial charge on any atom is 0.269 e. The lowest BCUT2D eigenvalue weighted by atomic mass is 10.2. The molecule has 98 valence electrons. The van der Waals surface area contributed by atoms with Crippen LogP contribution in [-0.2, 0) is 13.0 Å². The summed E-state index contributed by atoms with van der Waals surface area (Å²) in [5.74, 6) is 0. The zero-order valence-electron chi connectivity index (χ0n) is 10.5. The van der Waals surface area contributed by atoms with Gasteiger partial charge in [0.2, 0.25) is 0 Å². The number of nitrogens with zero attached hydrogens (tertiary/aromatic N) is 2. The van der Waals surface area contributed by atoms with Crippen LogP contribution < -0.4 is 5.32 Å². The van der Waals surface area contributed by atoms with Crippen LogP contribution in [0.5, 0.6) is 0 Å². The Morgan fingerprint density at radius 2 is 1.74 bits per heavy atom. The summed E-state index contributed by atoms with van der Waals surface area (Å²) in [5, 5.41) is 13.8.